The first kappa shape index (κ1) is 29.4. The highest BCUT2D eigenvalue weighted by molar-refractivity contribution is 7.54. The molecular formula is C24H43N2O7P. The fourth-order valence-electron chi connectivity index (χ4n) is 4.44. The molecule has 1 heterocycles. The molecule has 0 radical (unpaired) electrons. The Labute approximate surface area is 205 Å². The van der Waals surface area contributed by atoms with E-state index in [0.29, 0.717) is 13.2 Å². The summed E-state index contributed by atoms with van der Waals surface area (Å²) in [4.78, 5) is 0. The second kappa shape index (κ2) is 14.0. The summed E-state index contributed by atoms with van der Waals surface area (Å²) in [6.45, 7) is 11.1. The van der Waals surface area contributed by atoms with E-state index in [1.807, 2.05) is 37.3 Å². The number of ether oxygens (including phenoxy) is 5. The third kappa shape index (κ3) is 6.87. The fraction of sp³-hybridized carbons (Fsp3) is 0.750. The normalized spacial score (nSPS) is 27.4. The maximum Gasteiger partial charge on any atom is 0.298 e. The topological polar surface area (TPSA) is 80.2 Å². The van der Waals surface area contributed by atoms with Gasteiger partial charge in [0.1, 0.15) is 24.4 Å². The van der Waals surface area contributed by atoms with Gasteiger partial charge in [-0.25, -0.2) is 9.42 Å². The first-order chi connectivity index (χ1) is 16.3. The fourth-order valence-corrected chi connectivity index (χ4v) is 7.32. The summed E-state index contributed by atoms with van der Waals surface area (Å²) in [6, 6.07) is 9.92. The lowest BCUT2D eigenvalue weighted by Gasteiger charge is -2.47. The van der Waals surface area contributed by atoms with Gasteiger partial charge < -0.3 is 28.2 Å². The van der Waals surface area contributed by atoms with E-state index in [1.54, 1.807) is 28.4 Å². The quantitative estimate of drug-likeness (QED) is 0.354. The van der Waals surface area contributed by atoms with Crippen LogP contribution in [-0.2, 0) is 32.7 Å². The van der Waals surface area contributed by atoms with Crippen molar-refractivity contribution in [2.75, 3.05) is 41.7 Å². The third-order valence-corrected chi connectivity index (χ3v) is 8.69. The van der Waals surface area contributed by atoms with Crippen molar-refractivity contribution in [1.29, 1.82) is 0 Å². The zero-order chi connectivity index (χ0) is 25.3. The van der Waals surface area contributed by atoms with Crippen molar-refractivity contribution in [2.24, 2.45) is 4.74 Å². The Morgan fingerprint density at radius 2 is 1.50 bits per heavy atom. The molecule has 196 valence electrons. The zero-order valence-electron chi connectivity index (χ0n) is 22.0. The predicted octanol–water partition coefficient (Wildman–Crippen LogP) is 4.85. The van der Waals surface area contributed by atoms with Crippen molar-refractivity contribution in [3.05, 3.63) is 30.3 Å². The molecule has 1 aromatic rings. The minimum Gasteiger partial charge on any atom is -0.382 e. The second-order valence-corrected chi connectivity index (χ2v) is 10.7. The SMILES string of the molecule is CCOP(=Nc1ccccc1)(OC1O[C@H](COC)[C@H](OC)[C@H](OC)[C@H]1OC)N(C(C)C)C(C)C. The number of nitrogens with zero attached hydrogens (tertiary/aromatic N) is 2. The molecule has 9 nitrogen and oxygen atoms in total. The number of methoxy groups -OCH3 is 4. The van der Waals surface area contributed by atoms with Crippen LogP contribution in [0.2, 0.25) is 0 Å². The molecule has 10 heteroatoms. The van der Waals surface area contributed by atoms with Crippen molar-refractivity contribution < 1.29 is 32.7 Å². The van der Waals surface area contributed by atoms with E-state index in [4.69, 9.17) is 37.5 Å². The molecule has 1 aromatic carbocycles. The molecule has 0 N–H and O–H groups in total. The molecule has 0 spiro atoms. The van der Waals surface area contributed by atoms with E-state index in [1.165, 1.54) is 0 Å². The Balaban J connectivity index is 2.64. The van der Waals surface area contributed by atoms with Gasteiger partial charge in [-0.3, -0.25) is 4.52 Å². The molecule has 1 saturated heterocycles. The van der Waals surface area contributed by atoms with Gasteiger partial charge in [0.15, 0.2) is 6.29 Å². The summed E-state index contributed by atoms with van der Waals surface area (Å²) < 4.78 is 49.7. The highest BCUT2D eigenvalue weighted by Crippen LogP contribution is 2.61. The number of benzene rings is 1. The molecule has 6 atom stereocenters. The molecular weight excluding hydrogens is 459 g/mol. The standard InChI is InChI=1S/C24H43N2O7P/c1-10-31-34(26(17(2)3)18(4)5,25-19-14-12-11-13-15-19)33-24-23(30-9)22(29-8)21(28-7)20(32-24)16-27-6/h11-15,17-18,20-24H,10,16H2,1-9H3/t20-,21+,22+,23-,24?,34?/m1/s1. The van der Waals surface area contributed by atoms with E-state index in [0.717, 1.165) is 5.69 Å². The third-order valence-electron chi connectivity index (χ3n) is 5.63. The molecule has 0 aliphatic carbocycles. The van der Waals surface area contributed by atoms with E-state index in [-0.39, 0.29) is 12.1 Å². The van der Waals surface area contributed by atoms with E-state index < -0.39 is 38.4 Å². The maximum atomic E-state index is 6.82. The lowest BCUT2D eigenvalue weighted by Crippen LogP contribution is -2.61. The molecule has 0 amide bonds. The average Bonchev–Trinajstić information content (AvgIpc) is 2.79. The van der Waals surface area contributed by atoms with Gasteiger partial charge in [0.2, 0.25) is 0 Å². The Bertz CT molecular complexity index is 757. The maximum absolute atomic E-state index is 6.82. The van der Waals surface area contributed by atoms with Crippen LogP contribution in [0, 0.1) is 0 Å². The summed E-state index contributed by atoms with van der Waals surface area (Å²) in [6.07, 6.45) is -2.67. The molecule has 34 heavy (non-hydrogen) atoms. The van der Waals surface area contributed by atoms with Crippen LogP contribution in [0.3, 0.4) is 0 Å². The summed E-state index contributed by atoms with van der Waals surface area (Å²) >= 11 is 0. The van der Waals surface area contributed by atoms with Gasteiger partial charge in [-0.05, 0) is 46.8 Å². The number of rotatable bonds is 13. The predicted molar refractivity (Wildman–Crippen MR) is 133 cm³/mol. The van der Waals surface area contributed by atoms with E-state index in [9.17, 15) is 0 Å². The highest BCUT2D eigenvalue weighted by atomic mass is 31.2. The van der Waals surface area contributed by atoms with Crippen molar-refractivity contribution in [2.45, 2.75) is 77.4 Å². The van der Waals surface area contributed by atoms with Crippen LogP contribution < -0.4 is 0 Å². The van der Waals surface area contributed by atoms with Gasteiger partial charge in [-0.2, -0.15) is 0 Å². The van der Waals surface area contributed by atoms with Crippen molar-refractivity contribution in [3.8, 4) is 0 Å². The summed E-state index contributed by atoms with van der Waals surface area (Å²) in [5.74, 6) is 0. The van der Waals surface area contributed by atoms with Crippen molar-refractivity contribution in [3.63, 3.8) is 0 Å². The van der Waals surface area contributed by atoms with Crippen molar-refractivity contribution in [1.82, 2.24) is 4.67 Å². The first-order valence-corrected chi connectivity index (χ1v) is 13.3. The largest absolute Gasteiger partial charge is 0.382 e. The van der Waals surface area contributed by atoms with Gasteiger partial charge in [0.05, 0.1) is 18.9 Å². The molecule has 0 saturated carbocycles. The molecule has 2 unspecified atom stereocenters. The van der Waals surface area contributed by atoms with Crippen LogP contribution in [0.1, 0.15) is 34.6 Å². The van der Waals surface area contributed by atoms with Crippen LogP contribution in [-0.4, -0.2) is 89.1 Å². The Hall–Kier alpha value is -0.870. The molecule has 1 aliphatic rings. The van der Waals surface area contributed by atoms with Crippen molar-refractivity contribution >= 4 is 13.3 Å². The van der Waals surface area contributed by atoms with Gasteiger partial charge in [-0.1, -0.05) is 18.2 Å². The van der Waals surface area contributed by atoms with Crippen LogP contribution in [0.15, 0.2) is 35.1 Å². The van der Waals surface area contributed by atoms with Crippen LogP contribution in [0.4, 0.5) is 5.69 Å². The summed E-state index contributed by atoms with van der Waals surface area (Å²) in [5.41, 5.74) is 0.770. The molecule has 0 aromatic heterocycles. The number of hydrogen-bond donors (Lipinski definition) is 0. The lowest BCUT2D eigenvalue weighted by molar-refractivity contribution is -0.294. The highest BCUT2D eigenvalue weighted by Gasteiger charge is 2.51. The Morgan fingerprint density at radius 1 is 0.912 bits per heavy atom. The van der Waals surface area contributed by atoms with Gasteiger partial charge in [0, 0.05) is 40.5 Å². The lowest BCUT2D eigenvalue weighted by atomic mass is 9.98. The smallest absolute Gasteiger partial charge is 0.298 e. The van der Waals surface area contributed by atoms with E-state index >= 15 is 0 Å². The van der Waals surface area contributed by atoms with Gasteiger partial charge in [-0.15, -0.1) is 0 Å². The Kier molecular flexibility index (Phi) is 12.1. The molecule has 1 aliphatic heterocycles. The van der Waals surface area contributed by atoms with Gasteiger partial charge in [0.25, 0.3) is 7.66 Å². The average molecular weight is 503 g/mol. The summed E-state index contributed by atoms with van der Waals surface area (Å²) in [5, 5.41) is 0. The molecule has 1 fully saturated rings. The number of hydrogen-bond acceptors (Lipinski definition) is 8. The molecule has 2 rings (SSSR count). The van der Waals surface area contributed by atoms with Crippen LogP contribution >= 0.6 is 7.66 Å². The minimum absolute atomic E-state index is 0.0941. The van der Waals surface area contributed by atoms with Crippen LogP contribution in [0.5, 0.6) is 0 Å². The molecule has 0 bridgehead atoms. The monoisotopic (exact) mass is 502 g/mol. The van der Waals surface area contributed by atoms with E-state index in [2.05, 4.69) is 32.4 Å². The van der Waals surface area contributed by atoms with Crippen LogP contribution in [0.25, 0.3) is 0 Å². The first-order valence-electron chi connectivity index (χ1n) is 11.8. The second-order valence-electron chi connectivity index (χ2n) is 8.62. The minimum atomic E-state index is -3.05. The Morgan fingerprint density at radius 3 is 1.97 bits per heavy atom. The zero-order valence-corrected chi connectivity index (χ0v) is 22.9. The van der Waals surface area contributed by atoms with Gasteiger partial charge >= 0.3 is 0 Å². The summed E-state index contributed by atoms with van der Waals surface area (Å²) in [7, 11) is 3.43.